The van der Waals surface area contributed by atoms with Crippen molar-refractivity contribution in [2.45, 2.75) is 38.1 Å². The Morgan fingerprint density at radius 3 is 2.65 bits per heavy atom. The van der Waals surface area contributed by atoms with Crippen LogP contribution in [0, 0.1) is 0 Å². The molecular formula is C16H19NO3. The van der Waals surface area contributed by atoms with Gasteiger partial charge >= 0.3 is 5.97 Å². The third-order valence-electron chi connectivity index (χ3n) is 3.69. The lowest BCUT2D eigenvalue weighted by molar-refractivity contribution is -0.131. The van der Waals surface area contributed by atoms with Crippen LogP contribution in [0.5, 0.6) is 0 Å². The Kier molecular flexibility index (Phi) is 4.23. The summed E-state index contributed by atoms with van der Waals surface area (Å²) in [6.07, 6.45) is 6.87. The summed E-state index contributed by atoms with van der Waals surface area (Å²) in [6.45, 7) is 2.08. The molecule has 0 atom stereocenters. The van der Waals surface area contributed by atoms with Gasteiger partial charge in [0.2, 0.25) is 0 Å². The fourth-order valence-corrected chi connectivity index (χ4v) is 2.58. The van der Waals surface area contributed by atoms with E-state index in [-0.39, 0.29) is 11.4 Å². The molecule has 1 aliphatic rings. The monoisotopic (exact) mass is 273 g/mol. The Bertz CT molecular complexity index is 542. The second-order valence-electron chi connectivity index (χ2n) is 5.52. The van der Waals surface area contributed by atoms with E-state index in [1.807, 2.05) is 0 Å². The van der Waals surface area contributed by atoms with Gasteiger partial charge < -0.3 is 10.4 Å². The lowest BCUT2D eigenvalue weighted by Gasteiger charge is -2.25. The van der Waals surface area contributed by atoms with E-state index >= 15 is 0 Å². The molecule has 0 saturated heterocycles. The zero-order valence-corrected chi connectivity index (χ0v) is 11.6. The van der Waals surface area contributed by atoms with Gasteiger partial charge in [-0.2, -0.15) is 0 Å². The fraction of sp³-hybridized carbons (Fsp3) is 0.375. The number of carbonyl (C=O) groups is 2. The summed E-state index contributed by atoms with van der Waals surface area (Å²) in [7, 11) is 0. The molecule has 0 spiro atoms. The van der Waals surface area contributed by atoms with Crippen molar-refractivity contribution in [2.75, 3.05) is 0 Å². The number of carbonyl (C=O) groups excluding carboxylic acids is 1. The first kappa shape index (κ1) is 14.3. The van der Waals surface area contributed by atoms with E-state index in [4.69, 9.17) is 5.11 Å². The molecular weight excluding hydrogens is 254 g/mol. The van der Waals surface area contributed by atoms with Crippen molar-refractivity contribution in [1.82, 2.24) is 5.32 Å². The number of hydrogen-bond acceptors (Lipinski definition) is 2. The first-order valence-electron chi connectivity index (χ1n) is 6.82. The predicted octanol–water partition coefficient (Wildman–Crippen LogP) is 2.85. The van der Waals surface area contributed by atoms with Crippen LogP contribution in [0.2, 0.25) is 0 Å². The average Bonchev–Trinajstić information content (AvgIpc) is 2.83. The number of benzene rings is 1. The molecule has 0 heterocycles. The summed E-state index contributed by atoms with van der Waals surface area (Å²) < 4.78 is 0. The smallest absolute Gasteiger partial charge is 0.328 e. The zero-order valence-electron chi connectivity index (χ0n) is 11.6. The number of amides is 1. The lowest BCUT2D eigenvalue weighted by atomic mass is 9.99. The molecule has 0 bridgehead atoms. The van der Waals surface area contributed by atoms with Gasteiger partial charge in [0.15, 0.2) is 0 Å². The second-order valence-corrected chi connectivity index (χ2v) is 5.52. The minimum atomic E-state index is -1.00. The summed E-state index contributed by atoms with van der Waals surface area (Å²) >= 11 is 0. The molecule has 0 aromatic heterocycles. The van der Waals surface area contributed by atoms with Crippen molar-refractivity contribution in [3.05, 3.63) is 41.5 Å². The van der Waals surface area contributed by atoms with Crippen molar-refractivity contribution in [3.63, 3.8) is 0 Å². The molecule has 1 fully saturated rings. The van der Waals surface area contributed by atoms with Crippen LogP contribution in [-0.4, -0.2) is 22.5 Å². The molecule has 1 amide bonds. The molecule has 106 valence electrons. The van der Waals surface area contributed by atoms with Crippen LogP contribution >= 0.6 is 0 Å². The standard InChI is InChI=1S/C16H19NO3/c1-16(9-2-3-10-16)17-15(20)13-6-4-5-12(11-13)7-8-14(18)19/h4-8,11H,2-3,9-10H2,1H3,(H,17,20)(H,18,19). The quantitative estimate of drug-likeness (QED) is 0.829. The van der Waals surface area contributed by atoms with Crippen molar-refractivity contribution in [2.24, 2.45) is 0 Å². The van der Waals surface area contributed by atoms with E-state index < -0.39 is 5.97 Å². The average molecular weight is 273 g/mol. The number of aliphatic carboxylic acids is 1. The SMILES string of the molecule is CC1(NC(=O)c2cccc(C=CC(=O)O)c2)CCCC1. The summed E-state index contributed by atoms with van der Waals surface area (Å²) in [4.78, 5) is 22.7. The summed E-state index contributed by atoms with van der Waals surface area (Å²) in [6, 6.07) is 6.97. The first-order chi connectivity index (χ1) is 9.48. The molecule has 2 rings (SSSR count). The lowest BCUT2D eigenvalue weighted by Crippen LogP contribution is -2.43. The van der Waals surface area contributed by atoms with Gasteiger partial charge in [-0.15, -0.1) is 0 Å². The van der Waals surface area contributed by atoms with Gasteiger partial charge in [-0.25, -0.2) is 4.79 Å². The van der Waals surface area contributed by atoms with Gasteiger partial charge in [-0.3, -0.25) is 4.79 Å². The Hall–Kier alpha value is -2.10. The number of hydrogen-bond donors (Lipinski definition) is 2. The van der Waals surface area contributed by atoms with E-state index in [1.165, 1.54) is 6.08 Å². The molecule has 1 aromatic carbocycles. The van der Waals surface area contributed by atoms with Crippen LogP contribution in [0.3, 0.4) is 0 Å². The molecule has 2 N–H and O–H groups in total. The van der Waals surface area contributed by atoms with Crippen LogP contribution in [0.25, 0.3) is 6.08 Å². The second kappa shape index (κ2) is 5.90. The van der Waals surface area contributed by atoms with E-state index in [2.05, 4.69) is 12.2 Å². The minimum absolute atomic E-state index is 0.0972. The summed E-state index contributed by atoms with van der Waals surface area (Å²) in [5.74, 6) is -1.10. The van der Waals surface area contributed by atoms with Crippen molar-refractivity contribution in [3.8, 4) is 0 Å². The maximum atomic E-state index is 12.2. The first-order valence-corrected chi connectivity index (χ1v) is 6.82. The molecule has 4 heteroatoms. The topological polar surface area (TPSA) is 66.4 Å². The Balaban J connectivity index is 2.10. The Morgan fingerprint density at radius 2 is 2.00 bits per heavy atom. The van der Waals surface area contributed by atoms with Crippen LogP contribution in [0.4, 0.5) is 0 Å². The molecule has 0 radical (unpaired) electrons. The Labute approximate surface area is 118 Å². The van der Waals surface area contributed by atoms with Gasteiger partial charge in [-0.05, 0) is 43.5 Å². The van der Waals surface area contributed by atoms with E-state index in [0.717, 1.165) is 31.8 Å². The van der Waals surface area contributed by atoms with E-state index in [1.54, 1.807) is 24.3 Å². The number of carboxylic acids is 1. The zero-order chi connectivity index (χ0) is 14.6. The largest absolute Gasteiger partial charge is 0.478 e. The summed E-state index contributed by atoms with van der Waals surface area (Å²) in [5.41, 5.74) is 1.16. The molecule has 1 saturated carbocycles. The number of carboxylic acid groups (broad SMARTS) is 1. The van der Waals surface area contributed by atoms with Gasteiger partial charge in [0.25, 0.3) is 5.91 Å². The maximum Gasteiger partial charge on any atom is 0.328 e. The van der Waals surface area contributed by atoms with Crippen LogP contribution in [0.1, 0.15) is 48.5 Å². The highest BCUT2D eigenvalue weighted by atomic mass is 16.4. The third-order valence-corrected chi connectivity index (χ3v) is 3.69. The molecule has 4 nitrogen and oxygen atoms in total. The highest BCUT2D eigenvalue weighted by molar-refractivity contribution is 5.95. The molecule has 0 aliphatic heterocycles. The normalized spacial score (nSPS) is 17.2. The van der Waals surface area contributed by atoms with Crippen molar-refractivity contribution in [1.29, 1.82) is 0 Å². The van der Waals surface area contributed by atoms with Crippen LogP contribution < -0.4 is 5.32 Å². The predicted molar refractivity (Wildman–Crippen MR) is 77.5 cm³/mol. The minimum Gasteiger partial charge on any atom is -0.478 e. The van der Waals surface area contributed by atoms with Gasteiger partial charge in [-0.1, -0.05) is 25.0 Å². The Morgan fingerprint density at radius 1 is 1.30 bits per heavy atom. The van der Waals surface area contributed by atoms with Crippen LogP contribution in [0.15, 0.2) is 30.3 Å². The van der Waals surface area contributed by atoms with Gasteiger partial charge in [0, 0.05) is 17.2 Å². The molecule has 0 unspecified atom stereocenters. The van der Waals surface area contributed by atoms with E-state index in [0.29, 0.717) is 11.1 Å². The highest BCUT2D eigenvalue weighted by Crippen LogP contribution is 2.29. The molecule has 1 aliphatic carbocycles. The highest BCUT2D eigenvalue weighted by Gasteiger charge is 2.30. The van der Waals surface area contributed by atoms with Gasteiger partial charge in [0.05, 0.1) is 0 Å². The fourth-order valence-electron chi connectivity index (χ4n) is 2.58. The molecule has 20 heavy (non-hydrogen) atoms. The maximum absolute atomic E-state index is 12.2. The van der Waals surface area contributed by atoms with Gasteiger partial charge in [0.1, 0.15) is 0 Å². The molecule has 1 aromatic rings. The van der Waals surface area contributed by atoms with E-state index in [9.17, 15) is 9.59 Å². The number of rotatable bonds is 4. The number of nitrogens with one attached hydrogen (secondary N) is 1. The van der Waals surface area contributed by atoms with Crippen LogP contribution in [-0.2, 0) is 4.79 Å². The summed E-state index contributed by atoms with van der Waals surface area (Å²) in [5, 5.41) is 11.7. The van der Waals surface area contributed by atoms with Crippen molar-refractivity contribution < 1.29 is 14.7 Å². The van der Waals surface area contributed by atoms with Crippen molar-refractivity contribution >= 4 is 18.0 Å². The third kappa shape index (κ3) is 3.70.